The van der Waals surface area contributed by atoms with Gasteiger partial charge in [0, 0.05) is 18.2 Å². The summed E-state index contributed by atoms with van der Waals surface area (Å²) < 4.78 is 10.5. The van der Waals surface area contributed by atoms with Crippen molar-refractivity contribution in [2.75, 3.05) is 40.4 Å². The average Bonchev–Trinajstić information content (AvgIpc) is 2.68. The Hall–Kier alpha value is -1.86. The van der Waals surface area contributed by atoms with E-state index in [1.807, 2.05) is 0 Å². The molecule has 2 aliphatic rings. The minimum atomic E-state index is -0.336. The fourth-order valence-corrected chi connectivity index (χ4v) is 4.17. The summed E-state index contributed by atoms with van der Waals surface area (Å²) in [6.45, 7) is 4.99. The number of rotatable bonds is 6. The van der Waals surface area contributed by atoms with Crippen molar-refractivity contribution < 1.29 is 14.4 Å². The smallest absolute Gasteiger partial charge is 0.277 e. The van der Waals surface area contributed by atoms with Crippen molar-refractivity contribution in [1.82, 2.24) is 9.80 Å². The maximum atomic E-state index is 11.5. The van der Waals surface area contributed by atoms with Crippen LogP contribution in [-0.2, 0) is 6.54 Å². The summed E-state index contributed by atoms with van der Waals surface area (Å²) in [5, 5.41) is 11.5. The highest BCUT2D eigenvalue weighted by Gasteiger charge is 2.27. The van der Waals surface area contributed by atoms with Crippen LogP contribution in [0.2, 0.25) is 0 Å². The molecule has 0 spiro atoms. The lowest BCUT2D eigenvalue weighted by Crippen LogP contribution is -2.46. The minimum absolute atomic E-state index is 0.0980. The maximum Gasteiger partial charge on any atom is 0.277 e. The Balaban J connectivity index is 1.66. The highest BCUT2D eigenvalue weighted by molar-refractivity contribution is 5.54. The molecule has 0 atom stereocenters. The summed E-state index contributed by atoms with van der Waals surface area (Å²) >= 11 is 0. The third-order valence-corrected chi connectivity index (χ3v) is 5.64. The summed E-state index contributed by atoms with van der Waals surface area (Å²) in [4.78, 5) is 16.1. The van der Waals surface area contributed by atoms with Gasteiger partial charge in [0.2, 0.25) is 0 Å². The fraction of sp³-hybridized carbons (Fsp3) is 0.684. The lowest BCUT2D eigenvalue weighted by molar-refractivity contribution is -0.385. The van der Waals surface area contributed by atoms with E-state index in [-0.39, 0.29) is 10.6 Å². The SMILES string of the molecule is COc1cc(CN2CCC(N3CCCCC3)CC2)c([N+](=O)[O-])cc1OC. The Morgan fingerprint density at radius 3 is 2.23 bits per heavy atom. The molecule has 1 aromatic rings. The molecule has 0 unspecified atom stereocenters. The van der Waals surface area contributed by atoms with Crippen LogP contribution >= 0.6 is 0 Å². The molecule has 0 saturated carbocycles. The number of nitro groups is 1. The first-order valence-corrected chi connectivity index (χ1v) is 9.48. The molecule has 0 N–H and O–H groups in total. The highest BCUT2D eigenvalue weighted by atomic mass is 16.6. The monoisotopic (exact) mass is 363 g/mol. The molecule has 26 heavy (non-hydrogen) atoms. The third-order valence-electron chi connectivity index (χ3n) is 5.64. The Morgan fingerprint density at radius 1 is 1.04 bits per heavy atom. The summed E-state index contributed by atoms with van der Waals surface area (Å²) in [5.41, 5.74) is 0.782. The second kappa shape index (κ2) is 8.68. The second-order valence-electron chi connectivity index (χ2n) is 7.20. The molecule has 0 bridgehead atoms. The molecule has 3 rings (SSSR count). The van der Waals surface area contributed by atoms with Gasteiger partial charge in [-0.05, 0) is 57.9 Å². The van der Waals surface area contributed by atoms with Gasteiger partial charge in [-0.1, -0.05) is 6.42 Å². The summed E-state index contributed by atoms with van der Waals surface area (Å²) in [7, 11) is 3.05. The van der Waals surface area contributed by atoms with Crippen molar-refractivity contribution in [3.8, 4) is 11.5 Å². The van der Waals surface area contributed by atoms with Crippen LogP contribution in [0.3, 0.4) is 0 Å². The van der Waals surface area contributed by atoms with Crippen LogP contribution < -0.4 is 9.47 Å². The number of hydrogen-bond donors (Lipinski definition) is 0. The lowest BCUT2D eigenvalue weighted by atomic mass is 9.99. The van der Waals surface area contributed by atoms with E-state index in [1.165, 1.54) is 45.5 Å². The van der Waals surface area contributed by atoms with Gasteiger partial charge in [0.05, 0.1) is 25.2 Å². The molecule has 2 fully saturated rings. The van der Waals surface area contributed by atoms with E-state index in [0.717, 1.165) is 25.9 Å². The first-order chi connectivity index (χ1) is 12.6. The first kappa shape index (κ1) is 18.9. The molecule has 0 aromatic heterocycles. The standard InChI is InChI=1S/C19H29N3O4/c1-25-18-12-15(17(22(23)24)13-19(18)26-2)14-20-10-6-16(7-11-20)21-8-4-3-5-9-21/h12-13,16H,3-11,14H2,1-2H3. The molecular formula is C19H29N3O4. The fourth-order valence-electron chi connectivity index (χ4n) is 4.17. The normalized spacial score (nSPS) is 20.1. The molecule has 2 heterocycles. The van der Waals surface area contributed by atoms with Gasteiger partial charge in [-0.2, -0.15) is 0 Å². The van der Waals surface area contributed by atoms with Crippen molar-refractivity contribution >= 4 is 5.69 Å². The molecule has 0 aliphatic carbocycles. The van der Waals surface area contributed by atoms with Gasteiger partial charge in [-0.3, -0.25) is 15.0 Å². The number of likely N-dealkylation sites (tertiary alicyclic amines) is 2. The van der Waals surface area contributed by atoms with Crippen LogP contribution in [0, 0.1) is 10.1 Å². The maximum absolute atomic E-state index is 11.5. The van der Waals surface area contributed by atoms with Crippen LogP contribution in [0.25, 0.3) is 0 Å². The zero-order valence-electron chi connectivity index (χ0n) is 15.8. The van der Waals surface area contributed by atoms with Gasteiger partial charge in [-0.25, -0.2) is 0 Å². The van der Waals surface area contributed by atoms with Crippen molar-refractivity contribution in [3.05, 3.63) is 27.8 Å². The summed E-state index contributed by atoms with van der Waals surface area (Å²) in [5.74, 6) is 0.933. The molecule has 144 valence electrons. The number of hydrogen-bond acceptors (Lipinski definition) is 6. The first-order valence-electron chi connectivity index (χ1n) is 9.48. The van der Waals surface area contributed by atoms with Gasteiger partial charge in [0.15, 0.2) is 11.5 Å². The number of piperidine rings is 2. The predicted molar refractivity (Wildman–Crippen MR) is 99.9 cm³/mol. The van der Waals surface area contributed by atoms with E-state index < -0.39 is 0 Å². The summed E-state index contributed by atoms with van der Waals surface area (Å²) in [6, 6.07) is 3.88. The minimum Gasteiger partial charge on any atom is -0.493 e. The predicted octanol–water partition coefficient (Wildman–Crippen LogP) is 3.06. The number of nitrogens with zero attached hydrogens (tertiary/aromatic N) is 3. The van der Waals surface area contributed by atoms with E-state index in [2.05, 4.69) is 9.80 Å². The largest absolute Gasteiger partial charge is 0.493 e. The van der Waals surface area contributed by atoms with Crippen LogP contribution in [-0.4, -0.2) is 61.2 Å². The third kappa shape index (κ3) is 4.27. The van der Waals surface area contributed by atoms with E-state index in [4.69, 9.17) is 9.47 Å². The molecule has 0 amide bonds. The van der Waals surface area contributed by atoms with Gasteiger partial charge in [-0.15, -0.1) is 0 Å². The molecule has 0 radical (unpaired) electrons. The number of ether oxygens (including phenoxy) is 2. The zero-order valence-corrected chi connectivity index (χ0v) is 15.8. The average molecular weight is 363 g/mol. The molecule has 7 heteroatoms. The second-order valence-corrected chi connectivity index (χ2v) is 7.20. The molecule has 2 saturated heterocycles. The van der Waals surface area contributed by atoms with E-state index in [9.17, 15) is 10.1 Å². The van der Waals surface area contributed by atoms with E-state index >= 15 is 0 Å². The molecular weight excluding hydrogens is 334 g/mol. The van der Waals surface area contributed by atoms with Crippen LogP contribution in [0.5, 0.6) is 11.5 Å². The molecule has 7 nitrogen and oxygen atoms in total. The van der Waals surface area contributed by atoms with Crippen molar-refractivity contribution in [2.45, 2.75) is 44.7 Å². The Kier molecular flexibility index (Phi) is 6.32. The number of methoxy groups -OCH3 is 2. The van der Waals surface area contributed by atoms with Gasteiger partial charge in [0.25, 0.3) is 5.69 Å². The zero-order chi connectivity index (χ0) is 18.5. The van der Waals surface area contributed by atoms with Crippen molar-refractivity contribution in [1.29, 1.82) is 0 Å². The quantitative estimate of drug-likeness (QED) is 0.572. The lowest BCUT2D eigenvalue weighted by Gasteiger charge is -2.40. The van der Waals surface area contributed by atoms with Crippen molar-refractivity contribution in [2.24, 2.45) is 0 Å². The van der Waals surface area contributed by atoms with Gasteiger partial charge >= 0.3 is 0 Å². The number of benzene rings is 1. The van der Waals surface area contributed by atoms with E-state index in [0.29, 0.717) is 29.6 Å². The van der Waals surface area contributed by atoms with Crippen LogP contribution in [0.1, 0.15) is 37.7 Å². The highest BCUT2D eigenvalue weighted by Crippen LogP contribution is 2.35. The summed E-state index contributed by atoms with van der Waals surface area (Å²) in [6.07, 6.45) is 6.27. The Morgan fingerprint density at radius 2 is 1.65 bits per heavy atom. The Bertz CT molecular complexity index is 623. The molecule has 1 aromatic carbocycles. The van der Waals surface area contributed by atoms with Gasteiger partial charge < -0.3 is 14.4 Å². The van der Waals surface area contributed by atoms with Crippen molar-refractivity contribution in [3.63, 3.8) is 0 Å². The van der Waals surface area contributed by atoms with E-state index in [1.54, 1.807) is 13.2 Å². The number of nitro benzene ring substituents is 1. The van der Waals surface area contributed by atoms with Gasteiger partial charge in [0.1, 0.15) is 0 Å². The molecule has 2 aliphatic heterocycles. The topological polar surface area (TPSA) is 68.1 Å². The van der Waals surface area contributed by atoms with Crippen LogP contribution in [0.15, 0.2) is 12.1 Å². The van der Waals surface area contributed by atoms with Crippen LogP contribution in [0.4, 0.5) is 5.69 Å². The Labute approximate surface area is 155 Å².